The first-order valence-corrected chi connectivity index (χ1v) is 13.5. The molecule has 1 N–H and O–H groups in total. The quantitative estimate of drug-likeness (QED) is 0.522. The lowest BCUT2D eigenvalue weighted by Crippen LogP contribution is -2.62. The summed E-state index contributed by atoms with van der Waals surface area (Å²) in [7, 11) is 1.42. The Labute approximate surface area is 226 Å². The summed E-state index contributed by atoms with van der Waals surface area (Å²) < 4.78 is 43.8. The lowest BCUT2D eigenvalue weighted by atomic mass is 9.72. The molecule has 1 saturated carbocycles. The smallest absolute Gasteiger partial charge is 0.410 e. The Morgan fingerprint density at radius 1 is 1.18 bits per heavy atom. The van der Waals surface area contributed by atoms with E-state index in [0.717, 1.165) is 18.4 Å². The highest BCUT2D eigenvalue weighted by molar-refractivity contribution is 6.30. The molecule has 3 fully saturated rings. The van der Waals surface area contributed by atoms with Crippen molar-refractivity contribution in [2.45, 2.75) is 69.7 Å². The molecule has 0 aromatic heterocycles. The Balaban J connectivity index is 1.58. The van der Waals surface area contributed by atoms with Gasteiger partial charge in [-0.1, -0.05) is 30.7 Å². The van der Waals surface area contributed by atoms with Gasteiger partial charge in [0, 0.05) is 55.5 Å². The van der Waals surface area contributed by atoms with E-state index >= 15 is 0 Å². The number of ketones is 1. The van der Waals surface area contributed by atoms with E-state index in [1.54, 1.807) is 24.3 Å². The molecule has 2 aliphatic heterocycles. The monoisotopic (exact) mass is 557 g/mol. The van der Waals surface area contributed by atoms with E-state index in [1.165, 1.54) is 18.9 Å². The van der Waals surface area contributed by atoms with E-state index in [0.29, 0.717) is 37.5 Å². The second kappa shape index (κ2) is 10.7. The van der Waals surface area contributed by atoms with Crippen molar-refractivity contribution in [3.05, 3.63) is 34.9 Å². The number of carbonyl (C=O) groups excluding carboxylic acids is 3. The highest BCUT2D eigenvalue weighted by atomic mass is 35.5. The molecule has 11 heteroatoms. The van der Waals surface area contributed by atoms with Gasteiger partial charge in [-0.05, 0) is 50.3 Å². The predicted octanol–water partition coefficient (Wildman–Crippen LogP) is 4.78. The van der Waals surface area contributed by atoms with E-state index in [1.807, 2.05) is 11.8 Å². The second-order valence-electron chi connectivity index (χ2n) is 11.2. The number of nitrogens with one attached hydrogen (secondary N) is 1. The molecule has 2 amide bonds. The van der Waals surface area contributed by atoms with Crippen molar-refractivity contribution in [1.29, 1.82) is 0 Å². The van der Waals surface area contributed by atoms with Crippen molar-refractivity contribution >= 4 is 29.4 Å². The number of nitrogens with zero attached hydrogens (tertiary/aromatic N) is 2. The molecule has 2 heterocycles. The van der Waals surface area contributed by atoms with Crippen molar-refractivity contribution < 1.29 is 32.3 Å². The molecule has 1 aliphatic carbocycles. The number of rotatable bonds is 7. The molecule has 3 aliphatic rings. The molecule has 0 radical (unpaired) electrons. The van der Waals surface area contributed by atoms with E-state index in [9.17, 15) is 27.6 Å². The number of carbonyl (C=O) groups is 3. The maximum Gasteiger partial charge on any atom is 0.410 e. The van der Waals surface area contributed by atoms with Gasteiger partial charge in [0.15, 0.2) is 5.78 Å². The minimum Gasteiger partial charge on any atom is -0.446 e. The number of likely N-dealkylation sites (tertiary alicyclic amines) is 1. The Hall–Kier alpha value is -2.33. The molecule has 2 saturated heterocycles. The van der Waals surface area contributed by atoms with Gasteiger partial charge in [-0.2, -0.15) is 13.2 Å². The van der Waals surface area contributed by atoms with Gasteiger partial charge in [-0.3, -0.25) is 14.5 Å². The summed E-state index contributed by atoms with van der Waals surface area (Å²) in [5.74, 6) is -0.925. The first kappa shape index (κ1) is 28.7. The molecule has 210 valence electrons. The van der Waals surface area contributed by atoms with Crippen LogP contribution in [0.25, 0.3) is 0 Å². The standard InChI is InChI=1S/C27H35ClF3N3O4/c1-17(14-27(29,30)31)38-24(37)33(3)26(16-32-15-21(26)18-4-6-20(28)7-5-18)22(35)19-8-12-34(13-9-19)23(36)25(2)10-11-25/h4-7,17,19,21,32H,8-16H2,1-3H3/t17?,21-,26+/m0/s1. The summed E-state index contributed by atoms with van der Waals surface area (Å²) in [5.41, 5.74) is -0.878. The third-order valence-corrected chi connectivity index (χ3v) is 8.63. The fraction of sp³-hybridized carbons (Fsp3) is 0.667. The molecule has 7 nitrogen and oxygen atoms in total. The zero-order valence-electron chi connectivity index (χ0n) is 21.9. The van der Waals surface area contributed by atoms with Crippen LogP contribution < -0.4 is 5.32 Å². The average molecular weight is 558 g/mol. The number of alkyl halides is 3. The minimum atomic E-state index is -4.49. The first-order valence-electron chi connectivity index (χ1n) is 13.1. The molecule has 4 rings (SSSR count). The maximum atomic E-state index is 14.3. The van der Waals surface area contributed by atoms with Gasteiger partial charge in [0.25, 0.3) is 0 Å². The lowest BCUT2D eigenvalue weighted by molar-refractivity contribution is -0.154. The summed E-state index contributed by atoms with van der Waals surface area (Å²) in [6.45, 7) is 4.58. The summed E-state index contributed by atoms with van der Waals surface area (Å²) in [6, 6.07) is 7.00. The largest absolute Gasteiger partial charge is 0.446 e. The van der Waals surface area contributed by atoms with Crippen LogP contribution in [0.3, 0.4) is 0 Å². The summed E-state index contributed by atoms with van der Waals surface area (Å²) >= 11 is 6.08. The van der Waals surface area contributed by atoms with E-state index in [4.69, 9.17) is 16.3 Å². The third-order valence-electron chi connectivity index (χ3n) is 8.38. The molecule has 3 atom stereocenters. The van der Waals surface area contributed by atoms with Crippen molar-refractivity contribution in [3.8, 4) is 0 Å². The number of piperidine rings is 1. The Kier molecular flexibility index (Phi) is 8.06. The predicted molar refractivity (Wildman–Crippen MR) is 136 cm³/mol. The number of benzene rings is 1. The molecule has 0 bridgehead atoms. The average Bonchev–Trinajstić information content (AvgIpc) is 3.45. The van der Waals surface area contributed by atoms with Crippen LogP contribution in [0.1, 0.15) is 57.4 Å². The molecule has 0 spiro atoms. The fourth-order valence-electron chi connectivity index (χ4n) is 5.83. The first-order chi connectivity index (χ1) is 17.8. The van der Waals surface area contributed by atoms with Crippen molar-refractivity contribution in [2.75, 3.05) is 33.2 Å². The van der Waals surface area contributed by atoms with Gasteiger partial charge in [0.05, 0.1) is 6.42 Å². The zero-order valence-corrected chi connectivity index (χ0v) is 22.7. The SMILES string of the molecule is CC(CC(F)(F)F)OC(=O)N(C)[C@]1(C(=O)C2CCN(C(=O)C3(C)CC3)CC2)CNC[C@H]1c1ccc(Cl)cc1. The van der Waals surface area contributed by atoms with Crippen LogP contribution in [-0.2, 0) is 14.3 Å². The number of Topliss-reactive ketones (excluding diaryl/α,β-unsaturated/α-hetero) is 1. The van der Waals surface area contributed by atoms with Crippen LogP contribution in [0, 0.1) is 11.3 Å². The van der Waals surface area contributed by atoms with Gasteiger partial charge in [-0.25, -0.2) is 4.79 Å². The van der Waals surface area contributed by atoms with E-state index in [2.05, 4.69) is 5.32 Å². The van der Waals surface area contributed by atoms with E-state index < -0.39 is 42.2 Å². The minimum absolute atomic E-state index is 0.124. The third kappa shape index (κ3) is 5.81. The van der Waals surface area contributed by atoms with Crippen LogP contribution in [-0.4, -0.2) is 78.6 Å². The molecule has 1 unspecified atom stereocenters. The number of ether oxygens (including phenoxy) is 1. The van der Waals surface area contributed by atoms with Crippen molar-refractivity contribution in [3.63, 3.8) is 0 Å². The maximum absolute atomic E-state index is 14.3. The zero-order chi connectivity index (χ0) is 27.9. The highest BCUT2D eigenvalue weighted by Gasteiger charge is 2.57. The molecule has 1 aromatic rings. The van der Waals surface area contributed by atoms with Gasteiger partial charge >= 0.3 is 12.3 Å². The molecule has 38 heavy (non-hydrogen) atoms. The van der Waals surface area contributed by atoms with E-state index in [-0.39, 0.29) is 23.7 Å². The number of hydrogen-bond donors (Lipinski definition) is 1. The number of halogens is 4. The number of hydrogen-bond acceptors (Lipinski definition) is 5. The number of likely N-dealkylation sites (N-methyl/N-ethyl adjacent to an activating group) is 1. The van der Waals surface area contributed by atoms with Gasteiger partial charge in [-0.15, -0.1) is 0 Å². The summed E-state index contributed by atoms with van der Waals surface area (Å²) in [5, 5.41) is 3.75. The normalized spacial score (nSPS) is 26.1. The number of amides is 2. The van der Waals surface area contributed by atoms with Crippen molar-refractivity contribution in [2.24, 2.45) is 11.3 Å². The second-order valence-corrected chi connectivity index (χ2v) is 11.7. The topological polar surface area (TPSA) is 79.0 Å². The highest BCUT2D eigenvalue weighted by Crippen LogP contribution is 2.47. The van der Waals surface area contributed by atoms with Gasteiger partial charge < -0.3 is 15.0 Å². The van der Waals surface area contributed by atoms with Crippen LogP contribution in [0.4, 0.5) is 18.0 Å². The molecule has 1 aromatic carbocycles. The molecular weight excluding hydrogens is 523 g/mol. The summed E-state index contributed by atoms with van der Waals surface area (Å²) in [4.78, 5) is 43.3. The van der Waals surface area contributed by atoms with Crippen LogP contribution in [0.5, 0.6) is 0 Å². The molecular formula is C27H35ClF3N3O4. The van der Waals surface area contributed by atoms with Crippen molar-refractivity contribution in [1.82, 2.24) is 15.1 Å². The van der Waals surface area contributed by atoms with Gasteiger partial charge in [0.1, 0.15) is 11.6 Å². The van der Waals surface area contributed by atoms with Crippen LogP contribution >= 0.6 is 11.6 Å². The summed E-state index contributed by atoms with van der Waals surface area (Å²) in [6.07, 6.45) is -5.48. The van der Waals surface area contributed by atoms with Gasteiger partial charge in [0.2, 0.25) is 5.91 Å². The van der Waals surface area contributed by atoms with Crippen LogP contribution in [0.15, 0.2) is 24.3 Å². The lowest BCUT2D eigenvalue weighted by Gasteiger charge is -2.44. The van der Waals surface area contributed by atoms with Crippen LogP contribution in [0.2, 0.25) is 5.02 Å². The Bertz CT molecular complexity index is 1050. The Morgan fingerprint density at radius 2 is 1.79 bits per heavy atom. The fourth-order valence-corrected chi connectivity index (χ4v) is 5.95. The Morgan fingerprint density at radius 3 is 2.34 bits per heavy atom.